The van der Waals surface area contributed by atoms with E-state index in [4.69, 9.17) is 30.6 Å². The molecule has 54 heavy (non-hydrogen) atoms. The zero-order valence-corrected chi connectivity index (χ0v) is 28.5. The van der Waals surface area contributed by atoms with Crippen LogP contribution >= 0.6 is 0 Å². The molecule has 0 aliphatic carbocycles. The Morgan fingerprint density at radius 1 is 0.389 bits per heavy atom. The number of rotatable bonds is 5. The summed E-state index contributed by atoms with van der Waals surface area (Å²) in [5.74, 6) is 0.470. The third kappa shape index (κ3) is 4.98. The molecule has 0 saturated heterocycles. The summed E-state index contributed by atoms with van der Waals surface area (Å²) >= 11 is 0. The summed E-state index contributed by atoms with van der Waals surface area (Å²) < 4.78 is 55.6. The maximum atomic E-state index is 8.85. The largest absolute Gasteiger partial charge is 0.456 e. The van der Waals surface area contributed by atoms with Crippen LogP contribution in [0.15, 0.2) is 185 Å². The van der Waals surface area contributed by atoms with Crippen LogP contribution in [0.3, 0.4) is 0 Å². The van der Waals surface area contributed by atoms with Crippen LogP contribution in [-0.2, 0) is 0 Å². The quantitative estimate of drug-likeness (QED) is 0.179. The van der Waals surface area contributed by atoms with Crippen molar-refractivity contribution in [1.29, 1.82) is 0 Å². The van der Waals surface area contributed by atoms with Crippen LogP contribution in [0.5, 0.6) is 0 Å². The lowest BCUT2D eigenvalue weighted by molar-refractivity contribution is 0.669. The van der Waals surface area contributed by atoms with E-state index < -0.39 is 30.2 Å². The lowest BCUT2D eigenvalue weighted by atomic mass is 9.98. The van der Waals surface area contributed by atoms with Crippen molar-refractivity contribution in [2.75, 3.05) is 0 Å². The average Bonchev–Trinajstić information content (AvgIpc) is 3.86. The summed E-state index contributed by atoms with van der Waals surface area (Å²) in [5.41, 5.74) is 8.24. The van der Waals surface area contributed by atoms with Crippen LogP contribution in [0, 0.1) is 0 Å². The molecule has 252 valence electrons. The molecule has 5 heteroatoms. The SMILES string of the molecule is [2H]c1c([2H])c([2H])c(-c2nc(-c3ccc4oc5c6ccccc6ccc5c4c3)nc(-c3cccc4oc5ccc(-c6ccc(-c7ccccc7)cc6)cc5c34)n2)c([2H])c1[2H]. The Morgan fingerprint density at radius 2 is 1.04 bits per heavy atom. The second-order valence-electron chi connectivity index (χ2n) is 13.2. The highest BCUT2D eigenvalue weighted by molar-refractivity contribution is 6.16. The molecule has 0 N–H and O–H groups in total. The van der Waals surface area contributed by atoms with Gasteiger partial charge in [0.05, 0.1) is 6.85 Å². The van der Waals surface area contributed by atoms with Crippen molar-refractivity contribution in [2.24, 2.45) is 0 Å². The Hall–Kier alpha value is -7.37. The zero-order valence-electron chi connectivity index (χ0n) is 33.5. The first-order valence-corrected chi connectivity index (χ1v) is 17.6. The first-order chi connectivity index (χ1) is 28.8. The summed E-state index contributed by atoms with van der Waals surface area (Å²) in [6, 6.07) is 46.1. The van der Waals surface area contributed by atoms with Crippen molar-refractivity contribution in [2.45, 2.75) is 0 Å². The van der Waals surface area contributed by atoms with Crippen molar-refractivity contribution in [3.63, 3.8) is 0 Å². The Balaban J connectivity index is 1.12. The molecule has 3 heterocycles. The number of furan rings is 2. The van der Waals surface area contributed by atoms with Crippen molar-refractivity contribution < 1.29 is 15.7 Å². The molecule has 0 aliphatic rings. The van der Waals surface area contributed by atoms with E-state index in [1.165, 1.54) is 0 Å². The molecule has 5 nitrogen and oxygen atoms in total. The summed E-state index contributed by atoms with van der Waals surface area (Å²) in [5, 5.41) is 5.49. The molecule has 0 bridgehead atoms. The monoisotopic (exact) mass is 696 g/mol. The summed E-state index contributed by atoms with van der Waals surface area (Å²) in [6.45, 7) is 0. The third-order valence-corrected chi connectivity index (χ3v) is 10.0. The number of hydrogen-bond acceptors (Lipinski definition) is 5. The molecule has 0 fully saturated rings. The van der Waals surface area contributed by atoms with Gasteiger partial charge in [-0.15, -0.1) is 0 Å². The maximum absolute atomic E-state index is 8.85. The minimum atomic E-state index is -0.497. The minimum Gasteiger partial charge on any atom is -0.456 e. The molecule has 0 aliphatic heterocycles. The van der Waals surface area contributed by atoms with Crippen molar-refractivity contribution in [3.8, 4) is 56.4 Å². The second-order valence-corrected chi connectivity index (χ2v) is 13.2. The zero-order chi connectivity index (χ0) is 39.9. The van der Waals surface area contributed by atoms with Crippen molar-refractivity contribution in [3.05, 3.63) is 176 Å². The fourth-order valence-corrected chi connectivity index (χ4v) is 7.42. The van der Waals surface area contributed by atoms with Crippen LogP contribution in [-0.4, -0.2) is 15.0 Å². The topological polar surface area (TPSA) is 65.0 Å². The molecule has 3 aromatic heterocycles. The average molecular weight is 697 g/mol. The Labute approximate surface area is 316 Å². The van der Waals surface area contributed by atoms with Gasteiger partial charge < -0.3 is 8.83 Å². The minimum absolute atomic E-state index is 0.0471. The summed E-state index contributed by atoms with van der Waals surface area (Å²) in [4.78, 5) is 14.7. The van der Waals surface area contributed by atoms with Gasteiger partial charge in [-0.1, -0.05) is 133 Å². The van der Waals surface area contributed by atoms with E-state index >= 15 is 0 Å². The Kier molecular flexibility index (Phi) is 5.73. The van der Waals surface area contributed by atoms with Crippen LogP contribution in [0.2, 0.25) is 0 Å². The second kappa shape index (κ2) is 12.1. The van der Waals surface area contributed by atoms with Crippen molar-refractivity contribution >= 4 is 54.6 Å². The van der Waals surface area contributed by atoms with E-state index in [-0.39, 0.29) is 23.0 Å². The normalized spacial score (nSPS) is 13.0. The fourth-order valence-electron chi connectivity index (χ4n) is 7.42. The van der Waals surface area contributed by atoms with E-state index in [2.05, 4.69) is 48.5 Å². The van der Waals surface area contributed by atoms with Crippen LogP contribution < -0.4 is 0 Å². The molecule has 0 saturated carbocycles. The fraction of sp³-hybridized carbons (Fsp3) is 0. The van der Waals surface area contributed by atoms with Crippen LogP contribution in [0.25, 0.3) is 111 Å². The molecule has 8 aromatic carbocycles. The number of nitrogens with zero attached hydrogens (tertiary/aromatic N) is 3. The summed E-state index contributed by atoms with van der Waals surface area (Å²) in [7, 11) is 0. The number of hydrogen-bond donors (Lipinski definition) is 0. The predicted octanol–water partition coefficient (Wildman–Crippen LogP) is 13.2. The van der Waals surface area contributed by atoms with Gasteiger partial charge >= 0.3 is 0 Å². The van der Waals surface area contributed by atoms with E-state index in [0.29, 0.717) is 27.9 Å². The molecule has 11 aromatic rings. The van der Waals surface area contributed by atoms with E-state index in [9.17, 15) is 0 Å². The number of fused-ring (bicyclic) bond motifs is 8. The van der Waals surface area contributed by atoms with Gasteiger partial charge in [-0.25, -0.2) is 15.0 Å². The summed E-state index contributed by atoms with van der Waals surface area (Å²) in [6.07, 6.45) is 0. The molecule has 0 amide bonds. The first kappa shape index (κ1) is 25.6. The smallest absolute Gasteiger partial charge is 0.164 e. The lowest BCUT2D eigenvalue weighted by Gasteiger charge is -2.09. The van der Waals surface area contributed by atoms with Crippen molar-refractivity contribution in [1.82, 2.24) is 15.0 Å². The number of benzene rings is 8. The molecule has 0 radical (unpaired) electrons. The molecule has 11 rings (SSSR count). The Morgan fingerprint density at radius 3 is 1.87 bits per heavy atom. The Bertz CT molecular complexity index is 3480. The van der Waals surface area contributed by atoms with Gasteiger partial charge in [0.25, 0.3) is 0 Å². The van der Waals surface area contributed by atoms with Gasteiger partial charge in [0.2, 0.25) is 0 Å². The highest BCUT2D eigenvalue weighted by Crippen LogP contribution is 2.40. The highest BCUT2D eigenvalue weighted by Gasteiger charge is 2.19. The van der Waals surface area contributed by atoms with Gasteiger partial charge in [-0.3, -0.25) is 0 Å². The van der Waals surface area contributed by atoms with Gasteiger partial charge in [0, 0.05) is 43.6 Å². The molecule has 0 unspecified atom stereocenters. The van der Waals surface area contributed by atoms with Crippen LogP contribution in [0.1, 0.15) is 6.85 Å². The van der Waals surface area contributed by atoms with Gasteiger partial charge in [-0.05, 0) is 70.1 Å². The highest BCUT2D eigenvalue weighted by atomic mass is 16.3. The van der Waals surface area contributed by atoms with E-state index in [1.54, 1.807) is 0 Å². The van der Waals surface area contributed by atoms with Gasteiger partial charge in [0.15, 0.2) is 17.5 Å². The van der Waals surface area contributed by atoms with E-state index in [0.717, 1.165) is 60.2 Å². The molecular formula is C49H29N3O2. The maximum Gasteiger partial charge on any atom is 0.164 e. The van der Waals surface area contributed by atoms with Crippen LogP contribution in [0.4, 0.5) is 0 Å². The molecular weight excluding hydrogens is 663 g/mol. The van der Waals surface area contributed by atoms with Gasteiger partial charge in [0.1, 0.15) is 22.3 Å². The standard InChI is InChI=1S/C49H29N3O2/c1-3-10-30(11-4-1)31-18-20-32(21-19-31)35-23-26-43-41(28-35)45-39(16-9-17-44(45)53-43)49-51-47(34-13-5-2-6-14-34)50-48(52-49)36-24-27-42-40(29-36)38-25-22-33-12-7-8-15-37(33)46(38)54-42/h1-29H/i2D,5D,6D,13D,14D. The molecule has 0 atom stereocenters. The van der Waals surface area contributed by atoms with Gasteiger partial charge in [-0.2, -0.15) is 0 Å². The lowest BCUT2D eigenvalue weighted by Crippen LogP contribution is -2.00. The number of aromatic nitrogens is 3. The molecule has 0 spiro atoms. The predicted molar refractivity (Wildman–Crippen MR) is 219 cm³/mol. The third-order valence-electron chi connectivity index (χ3n) is 10.0. The first-order valence-electron chi connectivity index (χ1n) is 20.1. The van der Waals surface area contributed by atoms with E-state index in [1.807, 2.05) is 97.1 Å².